The maximum absolute atomic E-state index is 8.26. The summed E-state index contributed by atoms with van der Waals surface area (Å²) in [4.78, 5) is 0. The molecule has 0 aliphatic carbocycles. The molecule has 2 nitrogen and oxygen atoms in total. The molecule has 0 saturated carbocycles. The average molecular weight is 170 g/mol. The molecule has 1 aromatic carbocycles. The molecule has 0 radical (unpaired) electrons. The second kappa shape index (κ2) is 3.39. The van der Waals surface area contributed by atoms with E-state index in [4.69, 9.17) is 16.8 Å². The zero-order valence-corrected chi connectivity index (χ0v) is 6.84. The molecule has 0 fully saturated rings. The van der Waals surface area contributed by atoms with E-state index < -0.39 is 0 Å². The van der Waals surface area contributed by atoms with Crippen LogP contribution in [0.1, 0.15) is 11.1 Å². The molecule has 58 valence electrons. The van der Waals surface area contributed by atoms with Gasteiger partial charge in [-0.15, -0.1) is 0 Å². The van der Waals surface area contributed by atoms with Crippen LogP contribution in [0.5, 0.6) is 0 Å². The molecule has 0 amide bonds. The molecule has 1 N–H and O–H groups in total. The first-order valence-electron chi connectivity index (χ1n) is 3.17. The second-order valence-corrected chi connectivity index (χ2v) is 2.68. The van der Waals surface area contributed by atoms with E-state index in [0.717, 1.165) is 11.1 Å². The fourth-order valence-electron chi connectivity index (χ4n) is 0.813. The number of hydrogen-bond donors (Lipinski definition) is 1. The molecule has 1 aromatic rings. The van der Waals surface area contributed by atoms with Gasteiger partial charge in [0.2, 0.25) is 0 Å². The lowest BCUT2D eigenvalue weighted by molar-refractivity contribution is 0.322. The van der Waals surface area contributed by atoms with Crippen LogP contribution in [-0.4, -0.2) is 11.4 Å². The van der Waals surface area contributed by atoms with E-state index in [-0.39, 0.29) is 0 Å². The summed E-state index contributed by atoms with van der Waals surface area (Å²) in [7, 11) is 0. The maximum atomic E-state index is 8.26. The molecule has 0 spiro atoms. The molecule has 0 heterocycles. The molecule has 0 aromatic heterocycles. The number of nitrogens with zero attached hydrogens (tertiary/aromatic N) is 1. The minimum atomic E-state index is 0.644. The molecule has 0 bridgehead atoms. The highest BCUT2D eigenvalue weighted by Gasteiger charge is 1.95. The molecule has 0 aliphatic heterocycles. The summed E-state index contributed by atoms with van der Waals surface area (Å²) in [5.74, 6) is 0. The van der Waals surface area contributed by atoms with Gasteiger partial charge in [0.05, 0.1) is 6.21 Å². The van der Waals surface area contributed by atoms with Crippen molar-refractivity contribution in [1.82, 2.24) is 0 Å². The van der Waals surface area contributed by atoms with E-state index in [0.29, 0.717) is 5.02 Å². The van der Waals surface area contributed by atoms with Crippen LogP contribution < -0.4 is 0 Å². The number of rotatable bonds is 1. The summed E-state index contributed by atoms with van der Waals surface area (Å²) in [6, 6.07) is 5.42. The Labute approximate surface area is 70.1 Å². The average Bonchev–Trinajstić information content (AvgIpc) is 1.98. The Morgan fingerprint density at radius 3 is 2.91 bits per heavy atom. The molecule has 11 heavy (non-hydrogen) atoms. The van der Waals surface area contributed by atoms with Gasteiger partial charge in [-0.05, 0) is 24.6 Å². The zero-order chi connectivity index (χ0) is 8.27. The molecule has 0 atom stereocenters. The van der Waals surface area contributed by atoms with Crippen LogP contribution in [0.4, 0.5) is 0 Å². The molecular weight excluding hydrogens is 162 g/mol. The van der Waals surface area contributed by atoms with E-state index >= 15 is 0 Å². The van der Waals surface area contributed by atoms with Crippen LogP contribution in [0.25, 0.3) is 0 Å². The topological polar surface area (TPSA) is 32.6 Å². The van der Waals surface area contributed by atoms with Gasteiger partial charge in [-0.2, -0.15) is 0 Å². The minimum absolute atomic E-state index is 0.644. The van der Waals surface area contributed by atoms with Gasteiger partial charge in [-0.1, -0.05) is 22.8 Å². The first-order chi connectivity index (χ1) is 5.24. The quantitative estimate of drug-likeness (QED) is 0.391. The number of oxime groups is 1. The lowest BCUT2D eigenvalue weighted by atomic mass is 10.1. The van der Waals surface area contributed by atoms with Crippen LogP contribution >= 0.6 is 11.6 Å². The third-order valence-corrected chi connectivity index (χ3v) is 1.67. The molecule has 0 aliphatic rings. The smallest absolute Gasteiger partial charge is 0.0737 e. The van der Waals surface area contributed by atoms with Gasteiger partial charge in [0.1, 0.15) is 0 Å². The van der Waals surface area contributed by atoms with Gasteiger partial charge in [-0.3, -0.25) is 0 Å². The van der Waals surface area contributed by atoms with Crippen LogP contribution in [0.15, 0.2) is 23.4 Å². The van der Waals surface area contributed by atoms with E-state index in [1.165, 1.54) is 6.21 Å². The normalized spacial score (nSPS) is 10.7. The number of aryl methyl sites for hydroxylation is 1. The van der Waals surface area contributed by atoms with Gasteiger partial charge < -0.3 is 5.21 Å². The fourth-order valence-corrected chi connectivity index (χ4v) is 0.993. The first kappa shape index (κ1) is 8.08. The van der Waals surface area contributed by atoms with Crippen molar-refractivity contribution >= 4 is 17.8 Å². The second-order valence-electron chi connectivity index (χ2n) is 2.25. The van der Waals surface area contributed by atoms with Gasteiger partial charge in [0.25, 0.3) is 0 Å². The van der Waals surface area contributed by atoms with Crippen LogP contribution in [0.2, 0.25) is 5.02 Å². The fraction of sp³-hybridized carbons (Fsp3) is 0.125. The van der Waals surface area contributed by atoms with Crippen LogP contribution in [0, 0.1) is 6.92 Å². The van der Waals surface area contributed by atoms with Crippen molar-refractivity contribution in [2.24, 2.45) is 5.16 Å². The van der Waals surface area contributed by atoms with Crippen LogP contribution in [0.3, 0.4) is 0 Å². The highest BCUT2D eigenvalue weighted by molar-refractivity contribution is 6.30. The maximum Gasteiger partial charge on any atom is 0.0737 e. The lowest BCUT2D eigenvalue weighted by Crippen LogP contribution is -1.85. The van der Waals surface area contributed by atoms with Crippen molar-refractivity contribution < 1.29 is 5.21 Å². The number of halogens is 1. The van der Waals surface area contributed by atoms with Crippen molar-refractivity contribution in [2.75, 3.05) is 0 Å². The molecule has 0 unspecified atom stereocenters. The Morgan fingerprint density at radius 2 is 2.27 bits per heavy atom. The highest BCUT2D eigenvalue weighted by atomic mass is 35.5. The van der Waals surface area contributed by atoms with Crippen molar-refractivity contribution in [1.29, 1.82) is 0 Å². The monoisotopic (exact) mass is 169 g/mol. The van der Waals surface area contributed by atoms with E-state index in [1.807, 2.05) is 13.0 Å². The van der Waals surface area contributed by atoms with Gasteiger partial charge in [-0.25, -0.2) is 0 Å². The Morgan fingerprint density at radius 1 is 1.55 bits per heavy atom. The van der Waals surface area contributed by atoms with Crippen molar-refractivity contribution in [3.05, 3.63) is 34.3 Å². The Bertz CT molecular complexity index is 283. The molecule has 3 heteroatoms. The standard InChI is InChI=1S/C8H8ClNO/c1-6-2-3-8(9)4-7(6)5-10-11/h2-5,11H,1H3/b10-5+. The first-order valence-corrected chi connectivity index (χ1v) is 3.55. The Balaban J connectivity index is 3.12. The number of hydrogen-bond acceptors (Lipinski definition) is 2. The summed E-state index contributed by atoms with van der Waals surface area (Å²) in [5.41, 5.74) is 1.87. The third-order valence-electron chi connectivity index (χ3n) is 1.44. The van der Waals surface area contributed by atoms with Crippen LogP contribution in [-0.2, 0) is 0 Å². The Kier molecular flexibility index (Phi) is 2.49. The Hall–Kier alpha value is -1.02. The summed E-state index contributed by atoms with van der Waals surface area (Å²) in [6.45, 7) is 1.92. The zero-order valence-electron chi connectivity index (χ0n) is 6.08. The van der Waals surface area contributed by atoms with Gasteiger partial charge in [0, 0.05) is 10.6 Å². The summed E-state index contributed by atoms with van der Waals surface area (Å²) in [5, 5.41) is 11.8. The predicted molar refractivity (Wildman–Crippen MR) is 45.6 cm³/mol. The minimum Gasteiger partial charge on any atom is -0.411 e. The van der Waals surface area contributed by atoms with Crippen molar-refractivity contribution in [2.45, 2.75) is 6.92 Å². The molecule has 1 rings (SSSR count). The van der Waals surface area contributed by atoms with Gasteiger partial charge >= 0.3 is 0 Å². The van der Waals surface area contributed by atoms with E-state index in [2.05, 4.69) is 5.16 Å². The van der Waals surface area contributed by atoms with E-state index in [1.54, 1.807) is 12.1 Å². The van der Waals surface area contributed by atoms with E-state index in [9.17, 15) is 0 Å². The summed E-state index contributed by atoms with van der Waals surface area (Å²) in [6.07, 6.45) is 1.36. The number of benzene rings is 1. The predicted octanol–water partition coefficient (Wildman–Crippen LogP) is 2.46. The summed E-state index contributed by atoms with van der Waals surface area (Å²) < 4.78 is 0. The summed E-state index contributed by atoms with van der Waals surface area (Å²) >= 11 is 5.71. The lowest BCUT2D eigenvalue weighted by Gasteiger charge is -1.97. The molecular formula is C8H8ClNO. The third kappa shape index (κ3) is 1.95. The van der Waals surface area contributed by atoms with Gasteiger partial charge in [0.15, 0.2) is 0 Å². The van der Waals surface area contributed by atoms with Crippen molar-refractivity contribution in [3.63, 3.8) is 0 Å². The largest absolute Gasteiger partial charge is 0.411 e. The molecule has 0 saturated heterocycles. The SMILES string of the molecule is Cc1ccc(Cl)cc1/C=N/O. The highest BCUT2D eigenvalue weighted by Crippen LogP contribution is 2.13. The van der Waals surface area contributed by atoms with Crippen molar-refractivity contribution in [3.8, 4) is 0 Å².